The van der Waals surface area contributed by atoms with E-state index in [-0.39, 0.29) is 5.91 Å². The molecule has 0 fully saturated rings. The summed E-state index contributed by atoms with van der Waals surface area (Å²) in [5, 5.41) is 2.78. The number of benzene rings is 2. The van der Waals surface area contributed by atoms with Crippen LogP contribution in [0.2, 0.25) is 0 Å². The van der Waals surface area contributed by atoms with E-state index < -0.39 is 6.67 Å². The minimum absolute atomic E-state index is 0.228. The van der Waals surface area contributed by atoms with Crippen molar-refractivity contribution in [3.05, 3.63) is 65.2 Å². The molecule has 3 heteroatoms. The predicted molar refractivity (Wildman–Crippen MR) is 70.4 cm³/mol. The van der Waals surface area contributed by atoms with Crippen molar-refractivity contribution in [2.75, 3.05) is 5.32 Å². The molecule has 0 spiro atoms. The summed E-state index contributed by atoms with van der Waals surface area (Å²) in [6.07, 6.45) is 0. The highest BCUT2D eigenvalue weighted by Gasteiger charge is 2.06. The van der Waals surface area contributed by atoms with Gasteiger partial charge < -0.3 is 5.32 Å². The summed E-state index contributed by atoms with van der Waals surface area (Å²) in [5.74, 6) is -0.228. The number of hydrogen-bond donors (Lipinski definition) is 1. The minimum Gasteiger partial charge on any atom is -0.322 e. The highest BCUT2D eigenvalue weighted by Crippen LogP contribution is 2.12. The van der Waals surface area contributed by atoms with Crippen molar-refractivity contribution in [2.45, 2.75) is 13.6 Å². The molecule has 0 saturated heterocycles. The highest BCUT2D eigenvalue weighted by atomic mass is 19.1. The van der Waals surface area contributed by atoms with Gasteiger partial charge in [-0.3, -0.25) is 4.79 Å². The summed E-state index contributed by atoms with van der Waals surface area (Å²) in [6.45, 7) is 1.42. The van der Waals surface area contributed by atoms with Crippen LogP contribution in [-0.4, -0.2) is 5.91 Å². The van der Waals surface area contributed by atoms with Gasteiger partial charge in [-0.05, 0) is 36.8 Å². The van der Waals surface area contributed by atoms with E-state index in [4.69, 9.17) is 0 Å². The molecule has 2 nitrogen and oxygen atoms in total. The van der Waals surface area contributed by atoms with Crippen LogP contribution >= 0.6 is 0 Å². The molecule has 0 unspecified atom stereocenters. The molecule has 0 aliphatic heterocycles. The first-order valence-electron chi connectivity index (χ1n) is 5.72. The van der Waals surface area contributed by atoms with Gasteiger partial charge in [0.05, 0.1) is 0 Å². The minimum atomic E-state index is -0.564. The third kappa shape index (κ3) is 2.94. The largest absolute Gasteiger partial charge is 0.322 e. The van der Waals surface area contributed by atoms with E-state index in [1.54, 1.807) is 24.3 Å². The molecule has 0 atom stereocenters. The summed E-state index contributed by atoms with van der Waals surface area (Å²) < 4.78 is 12.5. The molecule has 0 aromatic heterocycles. The standard InChI is InChI=1S/C15H14FNO/c1-11-5-7-14(8-6-11)17-15(18)13-4-2-3-12(9-13)10-16/h2-9H,10H2,1H3,(H,17,18). The molecule has 0 heterocycles. The van der Waals surface area contributed by atoms with Crippen LogP contribution < -0.4 is 5.32 Å². The van der Waals surface area contributed by atoms with Crippen LogP contribution in [0.15, 0.2) is 48.5 Å². The summed E-state index contributed by atoms with van der Waals surface area (Å²) in [7, 11) is 0. The fraction of sp³-hybridized carbons (Fsp3) is 0.133. The molecular formula is C15H14FNO. The molecule has 0 aliphatic rings. The predicted octanol–water partition coefficient (Wildman–Crippen LogP) is 3.72. The summed E-state index contributed by atoms with van der Waals surface area (Å²) >= 11 is 0. The van der Waals surface area contributed by atoms with E-state index in [1.165, 1.54) is 0 Å². The van der Waals surface area contributed by atoms with E-state index in [0.717, 1.165) is 11.3 Å². The molecule has 92 valence electrons. The van der Waals surface area contributed by atoms with E-state index >= 15 is 0 Å². The topological polar surface area (TPSA) is 29.1 Å². The van der Waals surface area contributed by atoms with Crippen LogP contribution in [0.25, 0.3) is 0 Å². The van der Waals surface area contributed by atoms with E-state index in [2.05, 4.69) is 5.32 Å². The molecule has 1 N–H and O–H groups in total. The average Bonchev–Trinajstić information content (AvgIpc) is 2.41. The lowest BCUT2D eigenvalue weighted by Crippen LogP contribution is -2.11. The van der Waals surface area contributed by atoms with E-state index in [0.29, 0.717) is 11.1 Å². The van der Waals surface area contributed by atoms with Gasteiger partial charge in [0.2, 0.25) is 0 Å². The zero-order valence-electron chi connectivity index (χ0n) is 10.1. The summed E-state index contributed by atoms with van der Waals surface area (Å²) in [6, 6.07) is 14.1. The summed E-state index contributed by atoms with van der Waals surface area (Å²) in [5.41, 5.74) is 2.83. The van der Waals surface area contributed by atoms with Crippen molar-refractivity contribution in [3.8, 4) is 0 Å². The van der Waals surface area contributed by atoms with E-state index in [9.17, 15) is 9.18 Å². The number of nitrogens with one attached hydrogen (secondary N) is 1. The van der Waals surface area contributed by atoms with Gasteiger partial charge >= 0.3 is 0 Å². The van der Waals surface area contributed by atoms with Gasteiger partial charge in [-0.1, -0.05) is 29.8 Å². The first kappa shape index (κ1) is 12.3. The van der Waals surface area contributed by atoms with Crippen LogP contribution in [0.1, 0.15) is 21.5 Å². The molecule has 2 aromatic rings. The second kappa shape index (κ2) is 5.45. The van der Waals surface area contributed by atoms with Crippen LogP contribution in [0.3, 0.4) is 0 Å². The number of carbonyl (C=O) groups excluding carboxylic acids is 1. The normalized spacial score (nSPS) is 10.1. The molecular weight excluding hydrogens is 229 g/mol. The Morgan fingerprint density at radius 2 is 1.89 bits per heavy atom. The Bertz CT molecular complexity index is 549. The fourth-order valence-corrected chi connectivity index (χ4v) is 1.64. The van der Waals surface area contributed by atoms with Crippen molar-refractivity contribution in [3.63, 3.8) is 0 Å². The Hall–Kier alpha value is -2.16. The smallest absolute Gasteiger partial charge is 0.255 e. The van der Waals surface area contributed by atoms with Gasteiger partial charge in [0.1, 0.15) is 6.67 Å². The number of amides is 1. The van der Waals surface area contributed by atoms with Crippen molar-refractivity contribution in [1.82, 2.24) is 0 Å². The second-order valence-electron chi connectivity index (χ2n) is 4.15. The quantitative estimate of drug-likeness (QED) is 0.874. The number of carbonyl (C=O) groups is 1. The number of anilines is 1. The molecule has 2 rings (SSSR count). The lowest BCUT2D eigenvalue weighted by molar-refractivity contribution is 0.102. The average molecular weight is 243 g/mol. The van der Waals surface area contributed by atoms with Gasteiger partial charge in [-0.15, -0.1) is 0 Å². The van der Waals surface area contributed by atoms with Gasteiger partial charge in [0, 0.05) is 11.3 Å². The van der Waals surface area contributed by atoms with E-state index in [1.807, 2.05) is 31.2 Å². The van der Waals surface area contributed by atoms with Gasteiger partial charge in [0.15, 0.2) is 0 Å². The van der Waals surface area contributed by atoms with Crippen molar-refractivity contribution < 1.29 is 9.18 Å². The number of aryl methyl sites for hydroxylation is 1. The SMILES string of the molecule is Cc1ccc(NC(=O)c2cccc(CF)c2)cc1. The third-order valence-electron chi connectivity index (χ3n) is 2.65. The second-order valence-corrected chi connectivity index (χ2v) is 4.15. The maximum absolute atomic E-state index is 12.5. The Morgan fingerprint density at radius 3 is 2.56 bits per heavy atom. The zero-order chi connectivity index (χ0) is 13.0. The maximum Gasteiger partial charge on any atom is 0.255 e. The molecule has 2 aromatic carbocycles. The molecule has 0 radical (unpaired) electrons. The number of rotatable bonds is 3. The van der Waals surface area contributed by atoms with Crippen molar-refractivity contribution >= 4 is 11.6 Å². The maximum atomic E-state index is 12.5. The zero-order valence-corrected chi connectivity index (χ0v) is 10.1. The van der Waals surface area contributed by atoms with Crippen LogP contribution in [0.4, 0.5) is 10.1 Å². The molecule has 0 aliphatic carbocycles. The Kier molecular flexibility index (Phi) is 3.72. The molecule has 1 amide bonds. The van der Waals surface area contributed by atoms with Gasteiger partial charge in [-0.25, -0.2) is 4.39 Å². The van der Waals surface area contributed by atoms with Crippen LogP contribution in [0, 0.1) is 6.92 Å². The molecule has 0 bridgehead atoms. The molecule has 0 saturated carbocycles. The van der Waals surface area contributed by atoms with Gasteiger partial charge in [-0.2, -0.15) is 0 Å². The monoisotopic (exact) mass is 243 g/mol. The Balaban J connectivity index is 2.14. The van der Waals surface area contributed by atoms with Crippen molar-refractivity contribution in [1.29, 1.82) is 0 Å². The first-order chi connectivity index (χ1) is 8.69. The van der Waals surface area contributed by atoms with Crippen molar-refractivity contribution in [2.24, 2.45) is 0 Å². The van der Waals surface area contributed by atoms with Gasteiger partial charge in [0.25, 0.3) is 5.91 Å². The summed E-state index contributed by atoms with van der Waals surface area (Å²) in [4.78, 5) is 11.9. The Labute approximate surface area is 105 Å². The van der Waals surface area contributed by atoms with Crippen LogP contribution in [0.5, 0.6) is 0 Å². The number of alkyl halides is 1. The highest BCUT2D eigenvalue weighted by molar-refractivity contribution is 6.04. The fourth-order valence-electron chi connectivity index (χ4n) is 1.64. The lowest BCUT2D eigenvalue weighted by atomic mass is 10.1. The number of halogens is 1. The number of hydrogen-bond acceptors (Lipinski definition) is 1. The first-order valence-corrected chi connectivity index (χ1v) is 5.72. The Morgan fingerprint density at radius 1 is 1.17 bits per heavy atom. The third-order valence-corrected chi connectivity index (χ3v) is 2.65. The molecule has 18 heavy (non-hydrogen) atoms. The lowest BCUT2D eigenvalue weighted by Gasteiger charge is -2.06. The van der Waals surface area contributed by atoms with Crippen LogP contribution in [-0.2, 0) is 6.67 Å².